The maximum Gasteiger partial charge on any atom is 0.229 e. The minimum absolute atomic E-state index is 0.0344. The van der Waals surface area contributed by atoms with Gasteiger partial charge in [-0.25, -0.2) is 4.63 Å². The van der Waals surface area contributed by atoms with Crippen molar-refractivity contribution in [3.8, 4) is 5.75 Å². The number of benzene rings is 1. The number of methoxy groups -OCH3 is 1. The predicted molar refractivity (Wildman–Crippen MR) is 84.6 cm³/mol. The summed E-state index contributed by atoms with van der Waals surface area (Å²) >= 11 is 0. The molecule has 1 saturated heterocycles. The summed E-state index contributed by atoms with van der Waals surface area (Å²) in [5, 5.41) is 10.2. The van der Waals surface area contributed by atoms with Gasteiger partial charge in [0.05, 0.1) is 19.6 Å². The number of amides is 2. The van der Waals surface area contributed by atoms with Gasteiger partial charge in [-0.2, -0.15) is 0 Å². The van der Waals surface area contributed by atoms with E-state index < -0.39 is 0 Å². The molecule has 0 aliphatic carbocycles. The minimum atomic E-state index is -0.239. The van der Waals surface area contributed by atoms with Crippen molar-refractivity contribution in [3.63, 3.8) is 0 Å². The van der Waals surface area contributed by atoms with Gasteiger partial charge in [-0.15, -0.1) is 0 Å². The molecular weight excluding hydrogens is 312 g/mol. The van der Waals surface area contributed by atoms with Crippen LogP contribution in [0.5, 0.6) is 5.75 Å². The van der Waals surface area contributed by atoms with E-state index in [1.54, 1.807) is 25.0 Å². The average molecular weight is 330 g/mol. The zero-order valence-corrected chi connectivity index (χ0v) is 13.5. The number of aryl methyl sites for hydroxylation is 1. The Balaban J connectivity index is 1.62. The summed E-state index contributed by atoms with van der Waals surface area (Å²) in [5.41, 5.74) is 1.85. The Morgan fingerprint density at radius 1 is 1.46 bits per heavy atom. The van der Waals surface area contributed by atoms with Gasteiger partial charge >= 0.3 is 0 Å². The number of hydrogen-bond acceptors (Lipinski definition) is 6. The van der Waals surface area contributed by atoms with E-state index in [0.717, 1.165) is 5.69 Å². The number of aromatic nitrogens is 2. The van der Waals surface area contributed by atoms with Gasteiger partial charge in [-0.05, 0) is 19.1 Å². The van der Waals surface area contributed by atoms with Gasteiger partial charge < -0.3 is 15.0 Å². The molecular formula is C16H18N4O4. The van der Waals surface area contributed by atoms with Crippen LogP contribution in [0.4, 0.5) is 5.69 Å². The van der Waals surface area contributed by atoms with Crippen molar-refractivity contribution in [2.24, 2.45) is 0 Å². The number of carbonyl (C=O) groups is 2. The SMILES string of the molecule is COc1cccc(N2C[C@H](NC(=O)Cc3nonc3C)CC2=O)c1. The molecule has 1 fully saturated rings. The highest BCUT2D eigenvalue weighted by Gasteiger charge is 2.31. The maximum absolute atomic E-state index is 12.2. The first-order valence-electron chi connectivity index (χ1n) is 7.58. The molecule has 0 unspecified atom stereocenters. The Kier molecular flexibility index (Phi) is 4.45. The molecule has 3 rings (SSSR count). The van der Waals surface area contributed by atoms with E-state index in [9.17, 15) is 9.59 Å². The van der Waals surface area contributed by atoms with Crippen molar-refractivity contribution < 1.29 is 19.0 Å². The molecule has 1 N–H and O–H groups in total. The summed E-state index contributed by atoms with van der Waals surface area (Å²) in [6.45, 7) is 2.15. The lowest BCUT2D eigenvalue weighted by Crippen LogP contribution is -2.38. The van der Waals surface area contributed by atoms with Gasteiger partial charge in [-0.3, -0.25) is 9.59 Å². The molecule has 1 aliphatic rings. The second kappa shape index (κ2) is 6.69. The topological polar surface area (TPSA) is 97.6 Å². The van der Waals surface area contributed by atoms with Gasteiger partial charge in [0.25, 0.3) is 0 Å². The lowest BCUT2D eigenvalue weighted by molar-refractivity contribution is -0.121. The van der Waals surface area contributed by atoms with Crippen LogP contribution in [0.25, 0.3) is 0 Å². The minimum Gasteiger partial charge on any atom is -0.497 e. The summed E-state index contributed by atoms with van der Waals surface area (Å²) in [4.78, 5) is 26.0. The fourth-order valence-electron chi connectivity index (χ4n) is 2.67. The number of anilines is 1. The van der Waals surface area contributed by atoms with Crippen LogP contribution in [-0.4, -0.2) is 41.8 Å². The number of nitrogens with one attached hydrogen (secondary N) is 1. The van der Waals surface area contributed by atoms with Crippen LogP contribution in [0.15, 0.2) is 28.9 Å². The average Bonchev–Trinajstić information content (AvgIpc) is 3.13. The number of rotatable bonds is 5. The van der Waals surface area contributed by atoms with Crippen molar-refractivity contribution in [3.05, 3.63) is 35.7 Å². The third kappa shape index (κ3) is 3.37. The highest BCUT2D eigenvalue weighted by Crippen LogP contribution is 2.25. The molecule has 2 amide bonds. The number of ether oxygens (including phenoxy) is 1. The number of nitrogens with zero attached hydrogens (tertiary/aromatic N) is 3. The van der Waals surface area contributed by atoms with Crippen LogP contribution in [0.1, 0.15) is 17.8 Å². The van der Waals surface area contributed by atoms with Crippen LogP contribution in [0.3, 0.4) is 0 Å². The molecule has 2 heterocycles. The van der Waals surface area contributed by atoms with Crippen LogP contribution < -0.4 is 15.0 Å². The molecule has 126 valence electrons. The zero-order valence-electron chi connectivity index (χ0n) is 13.5. The monoisotopic (exact) mass is 330 g/mol. The molecule has 0 saturated carbocycles. The van der Waals surface area contributed by atoms with E-state index in [2.05, 4.69) is 20.3 Å². The van der Waals surface area contributed by atoms with Crippen LogP contribution in [-0.2, 0) is 16.0 Å². The molecule has 1 atom stereocenters. The highest BCUT2D eigenvalue weighted by atomic mass is 16.6. The Hall–Kier alpha value is -2.90. The van der Waals surface area contributed by atoms with Gasteiger partial charge in [0.1, 0.15) is 17.1 Å². The predicted octanol–water partition coefficient (Wildman–Crippen LogP) is 0.851. The van der Waals surface area contributed by atoms with E-state index in [1.165, 1.54) is 0 Å². The Morgan fingerprint density at radius 2 is 2.29 bits per heavy atom. The van der Waals surface area contributed by atoms with Gasteiger partial charge in [0.2, 0.25) is 11.8 Å². The van der Waals surface area contributed by atoms with Crippen LogP contribution in [0.2, 0.25) is 0 Å². The standard InChI is InChI=1S/C16H18N4O4/c1-10-14(19-24-18-10)8-15(21)17-11-6-16(22)20(9-11)12-4-3-5-13(7-12)23-2/h3-5,7,11H,6,8-9H2,1-2H3,(H,17,21)/t11-/m1/s1. The van der Waals surface area contributed by atoms with E-state index >= 15 is 0 Å². The highest BCUT2D eigenvalue weighted by molar-refractivity contribution is 5.97. The lowest BCUT2D eigenvalue weighted by atomic mass is 10.2. The molecule has 8 nitrogen and oxygen atoms in total. The van der Waals surface area contributed by atoms with Gasteiger partial charge in [-0.1, -0.05) is 16.4 Å². The van der Waals surface area contributed by atoms with Crippen LogP contribution >= 0.6 is 0 Å². The molecule has 0 radical (unpaired) electrons. The van der Waals surface area contributed by atoms with E-state index in [-0.39, 0.29) is 30.7 Å². The lowest BCUT2D eigenvalue weighted by Gasteiger charge is -2.17. The molecule has 0 spiro atoms. The third-order valence-electron chi connectivity index (χ3n) is 3.93. The van der Waals surface area contributed by atoms with Crippen molar-refractivity contribution in [2.75, 3.05) is 18.6 Å². The summed E-state index contributed by atoms with van der Waals surface area (Å²) in [7, 11) is 1.58. The molecule has 1 aromatic heterocycles. The second-order valence-corrected chi connectivity index (χ2v) is 5.65. The molecule has 0 bridgehead atoms. The summed E-state index contributed by atoms with van der Waals surface area (Å²) in [6.07, 6.45) is 0.345. The molecule has 2 aromatic rings. The number of hydrogen-bond donors (Lipinski definition) is 1. The summed E-state index contributed by atoms with van der Waals surface area (Å²) in [5.74, 6) is 0.439. The first-order valence-corrected chi connectivity index (χ1v) is 7.58. The second-order valence-electron chi connectivity index (χ2n) is 5.65. The first kappa shape index (κ1) is 16.0. The molecule has 8 heteroatoms. The maximum atomic E-state index is 12.2. The summed E-state index contributed by atoms with van der Waals surface area (Å²) in [6, 6.07) is 7.05. The normalized spacial score (nSPS) is 17.2. The Morgan fingerprint density at radius 3 is 3.00 bits per heavy atom. The third-order valence-corrected chi connectivity index (χ3v) is 3.93. The van der Waals surface area contributed by atoms with E-state index in [0.29, 0.717) is 23.7 Å². The Bertz CT molecular complexity index is 758. The largest absolute Gasteiger partial charge is 0.497 e. The number of carbonyl (C=O) groups excluding carboxylic acids is 2. The fraction of sp³-hybridized carbons (Fsp3) is 0.375. The van der Waals surface area contributed by atoms with Crippen molar-refractivity contribution in [2.45, 2.75) is 25.8 Å². The van der Waals surface area contributed by atoms with Gasteiger partial charge in [0, 0.05) is 24.7 Å². The Labute approximate surface area is 138 Å². The summed E-state index contributed by atoms with van der Waals surface area (Å²) < 4.78 is 9.76. The smallest absolute Gasteiger partial charge is 0.229 e. The van der Waals surface area contributed by atoms with E-state index in [4.69, 9.17) is 4.74 Å². The molecule has 1 aromatic carbocycles. The first-order chi connectivity index (χ1) is 11.6. The van der Waals surface area contributed by atoms with Crippen molar-refractivity contribution in [1.29, 1.82) is 0 Å². The fourth-order valence-corrected chi connectivity index (χ4v) is 2.67. The van der Waals surface area contributed by atoms with Crippen molar-refractivity contribution >= 4 is 17.5 Å². The van der Waals surface area contributed by atoms with E-state index in [1.807, 2.05) is 18.2 Å². The molecule has 24 heavy (non-hydrogen) atoms. The van der Waals surface area contributed by atoms with Crippen molar-refractivity contribution in [1.82, 2.24) is 15.6 Å². The molecule has 1 aliphatic heterocycles. The van der Waals surface area contributed by atoms with Gasteiger partial charge in [0.15, 0.2) is 0 Å². The quantitative estimate of drug-likeness (QED) is 0.873. The zero-order chi connectivity index (χ0) is 17.1. The van der Waals surface area contributed by atoms with Crippen LogP contribution in [0, 0.1) is 6.92 Å².